The molecule has 0 bridgehead atoms. The van der Waals surface area contributed by atoms with Crippen molar-refractivity contribution in [3.05, 3.63) is 0 Å². The minimum Gasteiger partial charge on any atom is -0.379 e. The summed E-state index contributed by atoms with van der Waals surface area (Å²) in [5, 5.41) is 3.52. The second-order valence-electron chi connectivity index (χ2n) is 5.13. The van der Waals surface area contributed by atoms with Crippen LogP contribution in [0.25, 0.3) is 0 Å². The molecular weight excluding hydrogens is 214 g/mol. The molecule has 1 rings (SSSR count). The number of morpholine rings is 1. The zero-order valence-corrected chi connectivity index (χ0v) is 11.7. The topological polar surface area (TPSA) is 27.7 Å². The lowest BCUT2D eigenvalue weighted by Crippen LogP contribution is -2.40. The van der Waals surface area contributed by atoms with E-state index in [1.54, 1.807) is 0 Å². The van der Waals surface area contributed by atoms with Crippen LogP contribution in [0.1, 0.15) is 20.3 Å². The monoisotopic (exact) mass is 243 g/mol. The van der Waals surface area contributed by atoms with E-state index in [1.807, 2.05) is 0 Å². The van der Waals surface area contributed by atoms with Crippen molar-refractivity contribution in [2.24, 2.45) is 0 Å². The molecule has 1 fully saturated rings. The molecule has 0 aromatic heterocycles. The molecule has 1 aliphatic rings. The molecule has 0 amide bonds. The second kappa shape index (κ2) is 8.86. The summed E-state index contributed by atoms with van der Waals surface area (Å²) in [6.45, 7) is 13.0. The molecule has 4 nitrogen and oxygen atoms in total. The van der Waals surface area contributed by atoms with Gasteiger partial charge in [-0.2, -0.15) is 0 Å². The summed E-state index contributed by atoms with van der Waals surface area (Å²) in [5.41, 5.74) is 0. The van der Waals surface area contributed by atoms with Crippen LogP contribution in [0.15, 0.2) is 0 Å². The third-order valence-electron chi connectivity index (χ3n) is 3.45. The molecule has 17 heavy (non-hydrogen) atoms. The Kier molecular flexibility index (Phi) is 7.77. The molecule has 1 aliphatic heterocycles. The Labute approximate surface area is 106 Å². The van der Waals surface area contributed by atoms with Crippen molar-refractivity contribution in [3.63, 3.8) is 0 Å². The first-order valence-electron chi connectivity index (χ1n) is 6.91. The molecule has 102 valence electrons. The van der Waals surface area contributed by atoms with Crippen LogP contribution in [0.4, 0.5) is 0 Å². The average molecular weight is 243 g/mol. The summed E-state index contributed by atoms with van der Waals surface area (Å²) in [4.78, 5) is 4.86. The highest BCUT2D eigenvalue weighted by Gasteiger charge is 2.08. The van der Waals surface area contributed by atoms with Crippen LogP contribution in [0.3, 0.4) is 0 Å². The molecule has 0 aromatic rings. The van der Waals surface area contributed by atoms with Gasteiger partial charge in [0.1, 0.15) is 0 Å². The lowest BCUT2D eigenvalue weighted by molar-refractivity contribution is 0.0384. The molecule has 1 heterocycles. The Balaban J connectivity index is 1.87. The zero-order chi connectivity index (χ0) is 12.5. The Bertz CT molecular complexity index is 182. The molecule has 4 heteroatoms. The van der Waals surface area contributed by atoms with Gasteiger partial charge in [0.15, 0.2) is 0 Å². The Morgan fingerprint density at radius 3 is 2.59 bits per heavy atom. The van der Waals surface area contributed by atoms with Gasteiger partial charge >= 0.3 is 0 Å². The molecule has 0 radical (unpaired) electrons. The van der Waals surface area contributed by atoms with E-state index >= 15 is 0 Å². The summed E-state index contributed by atoms with van der Waals surface area (Å²) in [5.74, 6) is 0. The number of rotatable bonds is 8. The Morgan fingerprint density at radius 2 is 1.94 bits per heavy atom. The van der Waals surface area contributed by atoms with Crippen molar-refractivity contribution in [2.45, 2.75) is 26.3 Å². The van der Waals surface area contributed by atoms with Crippen molar-refractivity contribution in [1.29, 1.82) is 0 Å². The van der Waals surface area contributed by atoms with Crippen molar-refractivity contribution in [3.8, 4) is 0 Å². The van der Waals surface area contributed by atoms with E-state index in [0.717, 1.165) is 45.9 Å². The van der Waals surface area contributed by atoms with Crippen LogP contribution in [0, 0.1) is 0 Å². The first-order valence-corrected chi connectivity index (χ1v) is 6.91. The first-order chi connectivity index (χ1) is 8.20. The summed E-state index contributed by atoms with van der Waals surface area (Å²) >= 11 is 0. The van der Waals surface area contributed by atoms with Gasteiger partial charge in [0, 0.05) is 32.2 Å². The van der Waals surface area contributed by atoms with Crippen LogP contribution in [0.5, 0.6) is 0 Å². The number of ether oxygens (including phenoxy) is 1. The van der Waals surface area contributed by atoms with Crippen LogP contribution in [0.2, 0.25) is 0 Å². The van der Waals surface area contributed by atoms with E-state index in [0.29, 0.717) is 6.04 Å². The van der Waals surface area contributed by atoms with Gasteiger partial charge in [0.2, 0.25) is 0 Å². The minimum absolute atomic E-state index is 0.656. The van der Waals surface area contributed by atoms with E-state index in [-0.39, 0.29) is 0 Å². The van der Waals surface area contributed by atoms with Gasteiger partial charge in [-0.25, -0.2) is 0 Å². The summed E-state index contributed by atoms with van der Waals surface area (Å²) in [7, 11) is 2.19. The van der Waals surface area contributed by atoms with Gasteiger partial charge in [-0.3, -0.25) is 4.90 Å². The number of hydrogen-bond acceptors (Lipinski definition) is 4. The van der Waals surface area contributed by atoms with Gasteiger partial charge in [-0.1, -0.05) is 0 Å². The van der Waals surface area contributed by atoms with E-state index in [9.17, 15) is 0 Å². The van der Waals surface area contributed by atoms with Crippen LogP contribution in [-0.4, -0.2) is 75.4 Å². The highest BCUT2D eigenvalue weighted by atomic mass is 16.5. The normalized spacial score (nSPS) is 18.2. The third-order valence-corrected chi connectivity index (χ3v) is 3.45. The van der Waals surface area contributed by atoms with Gasteiger partial charge in [-0.05, 0) is 40.4 Å². The van der Waals surface area contributed by atoms with E-state index < -0.39 is 0 Å². The lowest BCUT2D eigenvalue weighted by Gasteiger charge is -2.26. The average Bonchev–Trinajstić information content (AvgIpc) is 2.34. The van der Waals surface area contributed by atoms with Crippen molar-refractivity contribution in [2.75, 3.05) is 59.5 Å². The smallest absolute Gasteiger partial charge is 0.0594 e. The molecular formula is C13H29N3O. The number of hydrogen-bond donors (Lipinski definition) is 1. The quantitative estimate of drug-likeness (QED) is 0.633. The predicted octanol–water partition coefficient (Wildman–Crippen LogP) is 0.639. The Morgan fingerprint density at radius 1 is 1.24 bits per heavy atom. The fourth-order valence-electron chi connectivity index (χ4n) is 1.90. The van der Waals surface area contributed by atoms with E-state index in [4.69, 9.17) is 4.74 Å². The molecule has 0 aliphatic carbocycles. The van der Waals surface area contributed by atoms with Crippen molar-refractivity contribution in [1.82, 2.24) is 15.1 Å². The number of nitrogens with one attached hydrogen (secondary N) is 1. The highest BCUT2D eigenvalue weighted by Crippen LogP contribution is 1.95. The zero-order valence-electron chi connectivity index (χ0n) is 11.7. The van der Waals surface area contributed by atoms with Crippen LogP contribution < -0.4 is 5.32 Å². The maximum Gasteiger partial charge on any atom is 0.0594 e. The van der Waals surface area contributed by atoms with Gasteiger partial charge in [-0.15, -0.1) is 0 Å². The predicted molar refractivity (Wildman–Crippen MR) is 72.5 cm³/mol. The lowest BCUT2D eigenvalue weighted by atomic mass is 10.3. The maximum atomic E-state index is 5.33. The highest BCUT2D eigenvalue weighted by molar-refractivity contribution is 4.64. The molecule has 0 unspecified atom stereocenters. The summed E-state index contributed by atoms with van der Waals surface area (Å²) in [6.07, 6.45) is 1.23. The van der Waals surface area contributed by atoms with Crippen molar-refractivity contribution < 1.29 is 4.74 Å². The summed E-state index contributed by atoms with van der Waals surface area (Å²) < 4.78 is 5.33. The van der Waals surface area contributed by atoms with Gasteiger partial charge in [0.05, 0.1) is 13.2 Å². The minimum atomic E-state index is 0.656. The summed E-state index contributed by atoms with van der Waals surface area (Å²) in [6, 6.07) is 0.656. The molecule has 0 aromatic carbocycles. The molecule has 1 saturated heterocycles. The fraction of sp³-hybridized carbons (Fsp3) is 1.00. The van der Waals surface area contributed by atoms with E-state index in [2.05, 4.69) is 36.0 Å². The third kappa shape index (κ3) is 6.99. The first kappa shape index (κ1) is 14.9. The van der Waals surface area contributed by atoms with E-state index in [1.165, 1.54) is 13.0 Å². The molecule has 0 spiro atoms. The molecule has 0 atom stereocenters. The standard InChI is InChI=1S/C13H29N3O/c1-13(2)15(3)7-4-5-14-6-8-16-9-11-17-12-10-16/h13-14H,4-12H2,1-3H3. The van der Waals surface area contributed by atoms with Crippen LogP contribution >= 0.6 is 0 Å². The fourth-order valence-corrected chi connectivity index (χ4v) is 1.90. The van der Waals surface area contributed by atoms with Crippen molar-refractivity contribution >= 4 is 0 Å². The van der Waals surface area contributed by atoms with Gasteiger partial charge in [0.25, 0.3) is 0 Å². The Hall–Kier alpha value is -0.160. The largest absolute Gasteiger partial charge is 0.379 e. The second-order valence-corrected chi connectivity index (χ2v) is 5.13. The molecule has 1 N–H and O–H groups in total. The molecule has 0 saturated carbocycles. The van der Waals surface area contributed by atoms with Crippen LogP contribution in [-0.2, 0) is 4.74 Å². The number of nitrogens with zero attached hydrogens (tertiary/aromatic N) is 2. The SMILES string of the molecule is CC(C)N(C)CCCNCCN1CCOCC1. The van der Waals surface area contributed by atoms with Gasteiger partial charge < -0.3 is 15.0 Å². The maximum absolute atomic E-state index is 5.33.